The molecule has 1 amide bonds. The molecule has 1 fully saturated rings. The summed E-state index contributed by atoms with van der Waals surface area (Å²) in [7, 11) is 0. The summed E-state index contributed by atoms with van der Waals surface area (Å²) < 4.78 is 2.24. The lowest BCUT2D eigenvalue weighted by atomic mass is 10.0. The van der Waals surface area contributed by atoms with Crippen molar-refractivity contribution in [3.8, 4) is 0 Å². The number of nitrogens with zero attached hydrogens (tertiary/aromatic N) is 3. The third-order valence-electron chi connectivity index (χ3n) is 5.35. The number of halogens is 1. The number of rotatable bonds is 3. The molecule has 1 aliphatic heterocycles. The number of aromatic carboxylic acids is 1. The van der Waals surface area contributed by atoms with E-state index in [0.29, 0.717) is 18.7 Å². The zero-order valence-electron chi connectivity index (χ0n) is 14.3. The van der Waals surface area contributed by atoms with Gasteiger partial charge in [0.05, 0.1) is 28.6 Å². The van der Waals surface area contributed by atoms with Crippen molar-refractivity contribution < 1.29 is 14.7 Å². The number of amides is 1. The molecule has 1 aromatic carbocycles. The second-order valence-corrected chi connectivity index (χ2v) is 7.35. The minimum absolute atomic E-state index is 0.0445. The fourth-order valence-corrected chi connectivity index (χ4v) is 4.16. The van der Waals surface area contributed by atoms with Crippen LogP contribution in [0.4, 0.5) is 0 Å². The molecule has 0 radical (unpaired) electrons. The summed E-state index contributed by atoms with van der Waals surface area (Å²) in [5.74, 6) is -1.28. The molecule has 2 aromatic rings. The predicted molar refractivity (Wildman–Crippen MR) is 96.8 cm³/mol. The van der Waals surface area contributed by atoms with E-state index in [9.17, 15) is 14.7 Å². The van der Waals surface area contributed by atoms with Gasteiger partial charge in [-0.15, -0.1) is 0 Å². The molecule has 1 aliphatic carbocycles. The Bertz CT molecular complexity index is 877. The van der Waals surface area contributed by atoms with Gasteiger partial charge in [-0.1, -0.05) is 11.6 Å². The number of hydrogen-bond donors (Lipinski definition) is 1. The SMILES string of the molecule is O=C(O)c1cc(C(=O)N2CCC(n3cnc4c3CCCC4)C2)ccc1Cl. The molecule has 26 heavy (non-hydrogen) atoms. The van der Waals surface area contributed by atoms with Gasteiger partial charge in [-0.2, -0.15) is 0 Å². The smallest absolute Gasteiger partial charge is 0.337 e. The topological polar surface area (TPSA) is 75.4 Å². The van der Waals surface area contributed by atoms with Gasteiger partial charge in [-0.25, -0.2) is 9.78 Å². The Hall–Kier alpha value is -2.34. The standard InChI is InChI=1S/C19H20ClN3O3/c20-15-6-5-12(9-14(15)19(25)26)18(24)22-8-7-13(10-22)23-11-21-16-3-1-2-4-17(16)23/h5-6,9,11,13H,1-4,7-8,10H2,(H,25,26). The Morgan fingerprint density at radius 3 is 2.85 bits per heavy atom. The monoisotopic (exact) mass is 373 g/mol. The Balaban J connectivity index is 1.52. The number of carbonyl (C=O) groups excluding carboxylic acids is 1. The van der Waals surface area contributed by atoms with Gasteiger partial charge in [0, 0.05) is 24.3 Å². The minimum Gasteiger partial charge on any atom is -0.478 e. The molecule has 7 heteroatoms. The van der Waals surface area contributed by atoms with E-state index in [1.54, 1.807) is 11.0 Å². The molecular formula is C19H20ClN3O3. The molecule has 2 aliphatic rings. The van der Waals surface area contributed by atoms with E-state index in [1.165, 1.54) is 36.4 Å². The first-order chi connectivity index (χ1) is 12.5. The molecule has 0 spiro atoms. The first-order valence-electron chi connectivity index (χ1n) is 8.91. The van der Waals surface area contributed by atoms with Crippen LogP contribution in [0.3, 0.4) is 0 Å². The van der Waals surface area contributed by atoms with Crippen LogP contribution >= 0.6 is 11.6 Å². The average molecular weight is 374 g/mol. The maximum Gasteiger partial charge on any atom is 0.337 e. The minimum atomic E-state index is -1.13. The van der Waals surface area contributed by atoms with Gasteiger partial charge in [0.2, 0.25) is 0 Å². The van der Waals surface area contributed by atoms with Crippen molar-refractivity contribution in [3.63, 3.8) is 0 Å². The first kappa shape index (κ1) is 17.1. The van der Waals surface area contributed by atoms with Gasteiger partial charge >= 0.3 is 5.97 Å². The Labute approximate surface area is 156 Å². The highest BCUT2D eigenvalue weighted by molar-refractivity contribution is 6.33. The van der Waals surface area contributed by atoms with Crippen LogP contribution in [0.5, 0.6) is 0 Å². The number of carboxylic acid groups (broad SMARTS) is 1. The zero-order chi connectivity index (χ0) is 18.3. The highest BCUT2D eigenvalue weighted by Crippen LogP contribution is 2.29. The summed E-state index contributed by atoms with van der Waals surface area (Å²) in [4.78, 5) is 30.4. The quantitative estimate of drug-likeness (QED) is 0.896. The van der Waals surface area contributed by atoms with E-state index >= 15 is 0 Å². The Morgan fingerprint density at radius 2 is 2.04 bits per heavy atom. The van der Waals surface area contributed by atoms with Crippen LogP contribution in [0, 0.1) is 0 Å². The molecule has 0 bridgehead atoms. The average Bonchev–Trinajstić information content (AvgIpc) is 3.28. The third kappa shape index (κ3) is 2.98. The summed E-state index contributed by atoms with van der Waals surface area (Å²) in [5, 5.41) is 9.33. The highest BCUT2D eigenvalue weighted by Gasteiger charge is 2.30. The van der Waals surface area contributed by atoms with Crippen LogP contribution in [0.1, 0.15) is 57.4 Å². The van der Waals surface area contributed by atoms with Crippen molar-refractivity contribution in [2.45, 2.75) is 38.1 Å². The molecule has 136 valence electrons. The number of likely N-dealkylation sites (tertiary alicyclic amines) is 1. The van der Waals surface area contributed by atoms with Crippen molar-refractivity contribution in [2.24, 2.45) is 0 Å². The number of carbonyl (C=O) groups is 2. The number of imidazole rings is 1. The normalized spacial score (nSPS) is 19.4. The summed E-state index contributed by atoms with van der Waals surface area (Å²) in [6, 6.07) is 4.65. The molecule has 0 saturated carbocycles. The van der Waals surface area contributed by atoms with Gasteiger partial charge in [0.15, 0.2) is 0 Å². The number of hydrogen-bond acceptors (Lipinski definition) is 3. The molecule has 4 rings (SSSR count). The second-order valence-electron chi connectivity index (χ2n) is 6.95. The fourth-order valence-electron chi connectivity index (χ4n) is 3.97. The first-order valence-corrected chi connectivity index (χ1v) is 9.29. The number of aryl methyl sites for hydroxylation is 1. The number of carboxylic acids is 1. The van der Waals surface area contributed by atoms with Crippen LogP contribution in [-0.4, -0.2) is 44.5 Å². The molecular weight excluding hydrogens is 354 g/mol. The van der Waals surface area contributed by atoms with Gasteiger partial charge in [-0.3, -0.25) is 4.79 Å². The predicted octanol–water partition coefficient (Wildman–Crippen LogP) is 3.20. The molecule has 1 aromatic heterocycles. The van der Waals surface area contributed by atoms with Crippen LogP contribution in [0.15, 0.2) is 24.5 Å². The molecule has 2 heterocycles. The van der Waals surface area contributed by atoms with Crippen molar-refractivity contribution in [1.82, 2.24) is 14.5 Å². The van der Waals surface area contributed by atoms with Crippen LogP contribution < -0.4 is 0 Å². The third-order valence-corrected chi connectivity index (χ3v) is 5.68. The number of benzene rings is 1. The lowest BCUT2D eigenvalue weighted by molar-refractivity contribution is 0.0697. The zero-order valence-corrected chi connectivity index (χ0v) is 15.1. The van der Waals surface area contributed by atoms with Crippen LogP contribution in [0.2, 0.25) is 5.02 Å². The summed E-state index contributed by atoms with van der Waals surface area (Å²) in [6.45, 7) is 1.27. The molecule has 6 nitrogen and oxygen atoms in total. The van der Waals surface area contributed by atoms with Gasteiger partial charge in [-0.05, 0) is 50.3 Å². The largest absolute Gasteiger partial charge is 0.478 e. The maximum absolute atomic E-state index is 12.8. The molecule has 1 unspecified atom stereocenters. The van der Waals surface area contributed by atoms with Crippen LogP contribution in [-0.2, 0) is 12.8 Å². The highest BCUT2D eigenvalue weighted by atomic mass is 35.5. The van der Waals surface area contributed by atoms with Gasteiger partial charge < -0.3 is 14.6 Å². The van der Waals surface area contributed by atoms with Crippen molar-refractivity contribution >= 4 is 23.5 Å². The molecule has 1 N–H and O–H groups in total. The maximum atomic E-state index is 12.8. The van der Waals surface area contributed by atoms with E-state index < -0.39 is 5.97 Å². The van der Waals surface area contributed by atoms with Crippen molar-refractivity contribution in [3.05, 3.63) is 52.1 Å². The summed E-state index contributed by atoms with van der Waals surface area (Å²) >= 11 is 5.90. The Kier molecular flexibility index (Phi) is 4.44. The fraction of sp³-hybridized carbons (Fsp3) is 0.421. The van der Waals surface area contributed by atoms with E-state index in [2.05, 4.69) is 9.55 Å². The lowest BCUT2D eigenvalue weighted by Gasteiger charge is -2.20. The van der Waals surface area contributed by atoms with Gasteiger partial charge in [0.1, 0.15) is 0 Å². The lowest BCUT2D eigenvalue weighted by Crippen LogP contribution is -2.29. The Morgan fingerprint density at radius 1 is 1.23 bits per heavy atom. The van der Waals surface area contributed by atoms with Gasteiger partial charge in [0.25, 0.3) is 5.91 Å². The van der Waals surface area contributed by atoms with E-state index in [-0.39, 0.29) is 22.5 Å². The molecule has 1 atom stereocenters. The van der Waals surface area contributed by atoms with E-state index in [0.717, 1.165) is 19.3 Å². The van der Waals surface area contributed by atoms with Crippen molar-refractivity contribution in [1.29, 1.82) is 0 Å². The molecule has 1 saturated heterocycles. The summed E-state index contributed by atoms with van der Waals surface area (Å²) in [5.41, 5.74) is 2.83. The summed E-state index contributed by atoms with van der Waals surface area (Å²) in [6.07, 6.45) is 7.28. The number of fused-ring (bicyclic) bond motifs is 1. The second kappa shape index (κ2) is 6.76. The van der Waals surface area contributed by atoms with Crippen LogP contribution in [0.25, 0.3) is 0 Å². The number of aromatic nitrogens is 2. The van der Waals surface area contributed by atoms with Crippen molar-refractivity contribution in [2.75, 3.05) is 13.1 Å². The van der Waals surface area contributed by atoms with E-state index in [1.807, 2.05) is 6.33 Å². The van der Waals surface area contributed by atoms with E-state index in [4.69, 9.17) is 11.6 Å².